The van der Waals surface area contributed by atoms with Gasteiger partial charge in [-0.25, -0.2) is 0 Å². The van der Waals surface area contributed by atoms with Crippen molar-refractivity contribution in [2.24, 2.45) is 0 Å². The minimum atomic E-state index is -0.141. The van der Waals surface area contributed by atoms with Crippen molar-refractivity contribution in [2.45, 2.75) is 51.9 Å². The van der Waals surface area contributed by atoms with Crippen molar-refractivity contribution < 1.29 is 14.3 Å². The van der Waals surface area contributed by atoms with Crippen molar-refractivity contribution in [3.8, 4) is 5.75 Å². The molecule has 0 radical (unpaired) electrons. The molecule has 1 aliphatic carbocycles. The van der Waals surface area contributed by atoms with Gasteiger partial charge in [0.05, 0.1) is 12.8 Å². The third-order valence-electron chi connectivity index (χ3n) is 5.03. The minimum absolute atomic E-state index is 0.141. The van der Waals surface area contributed by atoms with E-state index in [0.29, 0.717) is 19.6 Å². The average Bonchev–Trinajstić information content (AvgIpc) is 2.74. The molecule has 1 aromatic carbocycles. The largest absolute Gasteiger partial charge is 0.488 e. The first-order valence-corrected chi connectivity index (χ1v) is 10.3. The number of hydrogen-bond donors (Lipinski definition) is 0. The van der Waals surface area contributed by atoms with Gasteiger partial charge in [0.2, 0.25) is 0 Å². The van der Waals surface area contributed by atoms with Crippen LogP contribution in [-0.2, 0) is 16.0 Å². The van der Waals surface area contributed by atoms with Crippen molar-refractivity contribution >= 4 is 11.5 Å². The molecule has 4 heteroatoms. The van der Waals surface area contributed by atoms with Gasteiger partial charge < -0.3 is 9.47 Å². The number of rotatable bonds is 9. The summed E-state index contributed by atoms with van der Waals surface area (Å²) >= 11 is 0. The molecule has 3 rings (SSSR count). The second-order valence-electron chi connectivity index (χ2n) is 7.09. The Bertz CT molecular complexity index is 781. The van der Waals surface area contributed by atoms with Crippen LogP contribution in [0.2, 0.25) is 0 Å². The van der Waals surface area contributed by atoms with Crippen LogP contribution in [0, 0.1) is 0 Å². The first-order chi connectivity index (χ1) is 13.8. The van der Waals surface area contributed by atoms with E-state index in [0.717, 1.165) is 37.1 Å². The van der Waals surface area contributed by atoms with Crippen LogP contribution in [0.15, 0.2) is 54.2 Å². The maximum atomic E-state index is 11.4. The van der Waals surface area contributed by atoms with E-state index in [1.807, 2.05) is 19.1 Å². The van der Waals surface area contributed by atoms with Gasteiger partial charge in [-0.3, -0.25) is 9.78 Å². The van der Waals surface area contributed by atoms with Gasteiger partial charge >= 0.3 is 5.97 Å². The molecule has 0 atom stereocenters. The van der Waals surface area contributed by atoms with Crippen molar-refractivity contribution in [1.29, 1.82) is 0 Å². The Morgan fingerprint density at radius 2 is 1.89 bits per heavy atom. The maximum absolute atomic E-state index is 11.4. The number of allylic oxidation sites excluding steroid dienone is 1. The fourth-order valence-electron chi connectivity index (χ4n) is 3.58. The normalized spacial score (nSPS) is 14.0. The molecule has 2 aromatic rings. The molecule has 0 saturated carbocycles. The molecular weight excluding hydrogens is 350 g/mol. The Hall–Kier alpha value is -2.62. The predicted octanol–water partition coefficient (Wildman–Crippen LogP) is 5.37. The number of nitrogens with zero attached hydrogens (tertiary/aromatic N) is 1. The van der Waals surface area contributed by atoms with Crippen LogP contribution in [0.1, 0.15) is 56.7 Å². The van der Waals surface area contributed by atoms with Crippen LogP contribution in [0.4, 0.5) is 0 Å². The summed E-state index contributed by atoms with van der Waals surface area (Å²) in [7, 11) is 0. The van der Waals surface area contributed by atoms with Gasteiger partial charge in [-0.15, -0.1) is 0 Å². The van der Waals surface area contributed by atoms with Gasteiger partial charge in [-0.2, -0.15) is 0 Å². The van der Waals surface area contributed by atoms with Gasteiger partial charge in [-0.05, 0) is 74.3 Å². The highest BCUT2D eigenvalue weighted by Crippen LogP contribution is 2.32. The van der Waals surface area contributed by atoms with E-state index in [1.54, 1.807) is 6.20 Å². The average molecular weight is 380 g/mol. The molecule has 28 heavy (non-hydrogen) atoms. The van der Waals surface area contributed by atoms with Crippen molar-refractivity contribution in [2.75, 3.05) is 13.2 Å². The molecule has 1 aromatic heterocycles. The van der Waals surface area contributed by atoms with E-state index < -0.39 is 0 Å². The van der Waals surface area contributed by atoms with E-state index in [1.165, 1.54) is 29.6 Å². The van der Waals surface area contributed by atoms with E-state index in [9.17, 15) is 4.79 Å². The monoisotopic (exact) mass is 379 g/mol. The fourth-order valence-corrected chi connectivity index (χ4v) is 3.58. The van der Waals surface area contributed by atoms with Crippen LogP contribution in [-0.4, -0.2) is 24.2 Å². The van der Waals surface area contributed by atoms with Crippen LogP contribution >= 0.6 is 0 Å². The van der Waals surface area contributed by atoms with E-state index in [-0.39, 0.29) is 5.97 Å². The smallest absolute Gasteiger partial charge is 0.305 e. The van der Waals surface area contributed by atoms with Gasteiger partial charge in [0, 0.05) is 12.1 Å². The number of ether oxygens (including phenoxy) is 2. The molecule has 0 aliphatic heterocycles. The Morgan fingerprint density at radius 1 is 1.07 bits per heavy atom. The van der Waals surface area contributed by atoms with Crippen LogP contribution < -0.4 is 4.74 Å². The molecule has 0 saturated heterocycles. The second-order valence-corrected chi connectivity index (χ2v) is 7.09. The van der Waals surface area contributed by atoms with Gasteiger partial charge in [0.1, 0.15) is 12.4 Å². The zero-order valence-electron chi connectivity index (χ0n) is 16.7. The fraction of sp³-hybridized carbons (Fsp3) is 0.417. The molecule has 0 bridgehead atoms. The van der Waals surface area contributed by atoms with Crippen molar-refractivity contribution in [1.82, 2.24) is 4.98 Å². The number of pyridine rings is 1. The number of benzene rings is 1. The lowest BCUT2D eigenvalue weighted by Crippen LogP contribution is -2.08. The standard InChI is InChI=1S/C24H29NO3/c1-2-27-24(26)14-8-12-21-15-16-22(17-25-21)28-18-20-11-6-7-13-23(20)19-9-4-3-5-10-19/h3-5,9-10,15-17H,2,6-8,11-14,18H2,1H3. The summed E-state index contributed by atoms with van der Waals surface area (Å²) in [5, 5.41) is 0. The molecule has 4 nitrogen and oxygen atoms in total. The molecule has 0 spiro atoms. The summed E-state index contributed by atoms with van der Waals surface area (Å²) in [5.41, 5.74) is 5.13. The number of aryl methyl sites for hydroxylation is 1. The summed E-state index contributed by atoms with van der Waals surface area (Å²) in [5.74, 6) is 0.650. The molecule has 0 unspecified atom stereocenters. The van der Waals surface area contributed by atoms with E-state index in [4.69, 9.17) is 9.47 Å². The first-order valence-electron chi connectivity index (χ1n) is 10.3. The van der Waals surface area contributed by atoms with Crippen LogP contribution in [0.25, 0.3) is 5.57 Å². The summed E-state index contributed by atoms with van der Waals surface area (Å²) in [6.07, 6.45) is 8.43. The third kappa shape index (κ3) is 5.95. The first kappa shape index (κ1) is 20.1. The van der Waals surface area contributed by atoms with E-state index >= 15 is 0 Å². The van der Waals surface area contributed by atoms with Gasteiger partial charge in [-0.1, -0.05) is 30.3 Å². The number of carbonyl (C=O) groups is 1. The lowest BCUT2D eigenvalue weighted by molar-refractivity contribution is -0.143. The maximum Gasteiger partial charge on any atom is 0.305 e. The Kier molecular flexibility index (Phi) is 7.65. The Morgan fingerprint density at radius 3 is 2.64 bits per heavy atom. The molecule has 148 valence electrons. The van der Waals surface area contributed by atoms with E-state index in [2.05, 4.69) is 35.3 Å². The predicted molar refractivity (Wildman–Crippen MR) is 111 cm³/mol. The number of aromatic nitrogens is 1. The highest BCUT2D eigenvalue weighted by atomic mass is 16.5. The van der Waals surface area contributed by atoms with Crippen LogP contribution in [0.3, 0.4) is 0 Å². The zero-order chi connectivity index (χ0) is 19.6. The minimum Gasteiger partial charge on any atom is -0.488 e. The Labute approximate surface area is 167 Å². The van der Waals surface area contributed by atoms with Crippen molar-refractivity contribution in [3.05, 3.63) is 65.5 Å². The molecular formula is C24H29NO3. The van der Waals surface area contributed by atoms with Crippen molar-refractivity contribution in [3.63, 3.8) is 0 Å². The molecule has 1 aliphatic rings. The zero-order valence-corrected chi connectivity index (χ0v) is 16.7. The quantitative estimate of drug-likeness (QED) is 0.549. The lowest BCUT2D eigenvalue weighted by Gasteiger charge is -2.21. The summed E-state index contributed by atoms with van der Waals surface area (Å²) in [6.45, 7) is 2.88. The second kappa shape index (κ2) is 10.6. The van der Waals surface area contributed by atoms with Gasteiger partial charge in [0.25, 0.3) is 0 Å². The highest BCUT2D eigenvalue weighted by Gasteiger charge is 2.15. The number of carbonyl (C=O) groups excluding carboxylic acids is 1. The number of esters is 1. The topological polar surface area (TPSA) is 48.4 Å². The highest BCUT2D eigenvalue weighted by molar-refractivity contribution is 5.70. The third-order valence-corrected chi connectivity index (χ3v) is 5.03. The summed E-state index contributed by atoms with van der Waals surface area (Å²) < 4.78 is 11.0. The molecule has 0 fully saturated rings. The molecule has 0 amide bonds. The SMILES string of the molecule is CCOC(=O)CCCc1ccc(OCC2=C(c3ccccc3)CCCC2)cn1. The molecule has 0 N–H and O–H groups in total. The number of hydrogen-bond acceptors (Lipinski definition) is 4. The summed E-state index contributed by atoms with van der Waals surface area (Å²) in [4.78, 5) is 15.9. The summed E-state index contributed by atoms with van der Waals surface area (Å²) in [6, 6.07) is 14.6. The van der Waals surface area contributed by atoms with Gasteiger partial charge in [0.15, 0.2) is 0 Å². The van der Waals surface area contributed by atoms with Crippen LogP contribution in [0.5, 0.6) is 5.75 Å². The molecule has 1 heterocycles. The Balaban J connectivity index is 1.54. The lowest BCUT2D eigenvalue weighted by atomic mass is 9.88.